The van der Waals surface area contributed by atoms with Crippen molar-refractivity contribution in [1.29, 1.82) is 0 Å². The summed E-state index contributed by atoms with van der Waals surface area (Å²) in [7, 11) is 0. The van der Waals surface area contributed by atoms with Gasteiger partial charge < -0.3 is 33.2 Å². The van der Waals surface area contributed by atoms with E-state index in [0.29, 0.717) is 85.7 Å². The van der Waals surface area contributed by atoms with Gasteiger partial charge in [0.05, 0.1) is 72.7 Å². The predicted molar refractivity (Wildman–Crippen MR) is 180 cm³/mol. The van der Waals surface area contributed by atoms with Crippen molar-refractivity contribution >= 4 is 5.97 Å². The van der Waals surface area contributed by atoms with E-state index in [9.17, 15) is 4.79 Å². The number of ether oxygens (including phenoxy) is 7. The third-order valence-electron chi connectivity index (χ3n) is 7.48. The quantitative estimate of drug-likeness (QED) is 0.0493. The van der Waals surface area contributed by atoms with Crippen molar-refractivity contribution in [3.05, 3.63) is 0 Å². The van der Waals surface area contributed by atoms with Gasteiger partial charge in [-0.2, -0.15) is 0 Å². The highest BCUT2D eigenvalue weighted by Crippen LogP contribution is 2.13. The number of hydrogen-bond donors (Lipinski definition) is 0. The van der Waals surface area contributed by atoms with Crippen LogP contribution in [0.4, 0.5) is 0 Å². The van der Waals surface area contributed by atoms with Gasteiger partial charge in [0, 0.05) is 13.0 Å². The number of esters is 1. The monoisotopic (exact) mass is 633 g/mol. The molecule has 0 saturated heterocycles. The van der Waals surface area contributed by atoms with Crippen molar-refractivity contribution in [3.63, 3.8) is 0 Å². The second-order valence-electron chi connectivity index (χ2n) is 11.7. The minimum atomic E-state index is -0.120. The van der Waals surface area contributed by atoms with Gasteiger partial charge >= 0.3 is 5.97 Å². The Hall–Kier alpha value is -0.770. The Labute approximate surface area is 271 Å². The van der Waals surface area contributed by atoms with Crippen LogP contribution in [-0.2, 0) is 38.0 Å². The van der Waals surface area contributed by atoms with E-state index in [2.05, 4.69) is 13.8 Å². The first kappa shape index (κ1) is 43.2. The molecule has 8 nitrogen and oxygen atoms in total. The third-order valence-corrected chi connectivity index (χ3v) is 7.48. The molecule has 0 atom stereocenters. The molecule has 0 heterocycles. The van der Waals surface area contributed by atoms with Crippen LogP contribution in [-0.4, -0.2) is 91.9 Å². The van der Waals surface area contributed by atoms with Gasteiger partial charge in [-0.25, -0.2) is 0 Å². The Morgan fingerprint density at radius 1 is 0.318 bits per heavy atom. The largest absolute Gasteiger partial charge is 0.463 e. The first-order valence-corrected chi connectivity index (χ1v) is 18.4. The lowest BCUT2D eigenvalue weighted by Crippen LogP contribution is -2.15. The molecule has 8 heteroatoms. The SMILES string of the molecule is CCCCCCCCCCCCCCCC(=O)OCCOCCOCCOCCOCCOCCOCCCCCCCC. The van der Waals surface area contributed by atoms with E-state index in [1.165, 1.54) is 103 Å². The van der Waals surface area contributed by atoms with Crippen LogP contribution in [0.2, 0.25) is 0 Å². The molecule has 0 radical (unpaired) electrons. The Balaban J connectivity index is 3.13. The predicted octanol–water partition coefficient (Wildman–Crippen LogP) is 8.47. The van der Waals surface area contributed by atoms with E-state index < -0.39 is 0 Å². The summed E-state index contributed by atoms with van der Waals surface area (Å²) >= 11 is 0. The van der Waals surface area contributed by atoms with E-state index in [1.807, 2.05) is 0 Å². The van der Waals surface area contributed by atoms with E-state index in [4.69, 9.17) is 33.2 Å². The molecule has 0 fully saturated rings. The molecular formula is C36H72O8. The lowest BCUT2D eigenvalue weighted by molar-refractivity contribution is -0.145. The van der Waals surface area contributed by atoms with Crippen molar-refractivity contribution < 1.29 is 38.0 Å². The van der Waals surface area contributed by atoms with Gasteiger partial charge in [0.2, 0.25) is 0 Å². The first-order valence-electron chi connectivity index (χ1n) is 18.4. The fourth-order valence-corrected chi connectivity index (χ4v) is 4.76. The van der Waals surface area contributed by atoms with Gasteiger partial charge in [-0.3, -0.25) is 4.79 Å². The molecule has 0 saturated carbocycles. The van der Waals surface area contributed by atoms with Crippen LogP contribution in [0.3, 0.4) is 0 Å². The van der Waals surface area contributed by atoms with Gasteiger partial charge in [-0.15, -0.1) is 0 Å². The normalized spacial score (nSPS) is 11.4. The number of unbranched alkanes of at least 4 members (excludes halogenated alkanes) is 17. The summed E-state index contributed by atoms with van der Waals surface area (Å²) in [5.41, 5.74) is 0. The van der Waals surface area contributed by atoms with E-state index in [0.717, 1.165) is 25.9 Å². The highest BCUT2D eigenvalue weighted by Gasteiger charge is 2.03. The summed E-state index contributed by atoms with van der Waals surface area (Å²) in [5, 5.41) is 0. The maximum absolute atomic E-state index is 11.8. The summed E-state index contributed by atoms with van der Waals surface area (Å²) in [6.07, 6.45) is 25.1. The molecule has 0 amide bonds. The van der Waals surface area contributed by atoms with Crippen LogP contribution in [0.25, 0.3) is 0 Å². The molecule has 0 rings (SSSR count). The van der Waals surface area contributed by atoms with Crippen molar-refractivity contribution in [2.75, 3.05) is 85.9 Å². The van der Waals surface area contributed by atoms with Crippen molar-refractivity contribution in [1.82, 2.24) is 0 Å². The second kappa shape index (κ2) is 40.3. The summed E-state index contributed by atoms with van der Waals surface area (Å²) in [4.78, 5) is 11.8. The van der Waals surface area contributed by atoms with Crippen LogP contribution >= 0.6 is 0 Å². The lowest BCUT2D eigenvalue weighted by atomic mass is 10.0. The minimum Gasteiger partial charge on any atom is -0.463 e. The van der Waals surface area contributed by atoms with Crippen LogP contribution < -0.4 is 0 Å². The van der Waals surface area contributed by atoms with Crippen LogP contribution in [0.5, 0.6) is 0 Å². The lowest BCUT2D eigenvalue weighted by Gasteiger charge is -2.08. The molecule has 44 heavy (non-hydrogen) atoms. The topological polar surface area (TPSA) is 81.7 Å². The molecular weight excluding hydrogens is 560 g/mol. The van der Waals surface area contributed by atoms with Crippen LogP contribution in [0, 0.1) is 0 Å². The minimum absolute atomic E-state index is 0.120. The van der Waals surface area contributed by atoms with Gasteiger partial charge in [-0.05, 0) is 12.8 Å². The molecule has 0 aromatic carbocycles. The van der Waals surface area contributed by atoms with Crippen molar-refractivity contribution in [2.45, 2.75) is 142 Å². The number of hydrogen-bond acceptors (Lipinski definition) is 8. The maximum atomic E-state index is 11.8. The molecule has 0 aromatic heterocycles. The fourth-order valence-electron chi connectivity index (χ4n) is 4.76. The smallest absolute Gasteiger partial charge is 0.305 e. The molecule has 0 N–H and O–H groups in total. The average Bonchev–Trinajstić information content (AvgIpc) is 3.03. The summed E-state index contributed by atoms with van der Waals surface area (Å²) in [5.74, 6) is -0.120. The molecule has 0 aromatic rings. The number of carbonyl (C=O) groups is 1. The summed E-state index contributed by atoms with van der Waals surface area (Å²) in [6, 6.07) is 0. The molecule has 264 valence electrons. The van der Waals surface area contributed by atoms with Crippen LogP contribution in [0.15, 0.2) is 0 Å². The second-order valence-corrected chi connectivity index (χ2v) is 11.7. The van der Waals surface area contributed by atoms with Gasteiger partial charge in [-0.1, -0.05) is 123 Å². The van der Waals surface area contributed by atoms with E-state index in [-0.39, 0.29) is 5.97 Å². The highest BCUT2D eigenvalue weighted by molar-refractivity contribution is 5.69. The standard InChI is InChI=1S/C36H72O8/c1-3-5-7-9-11-12-13-14-15-16-17-18-20-22-36(37)44-35-34-43-33-32-42-31-30-41-29-28-40-27-26-39-25-24-38-23-21-19-10-8-6-4-2/h3-35H2,1-2H3. The van der Waals surface area contributed by atoms with Gasteiger partial charge in [0.15, 0.2) is 0 Å². The Morgan fingerprint density at radius 3 is 0.955 bits per heavy atom. The maximum Gasteiger partial charge on any atom is 0.305 e. The number of carbonyl (C=O) groups excluding carboxylic acids is 1. The molecule has 0 aliphatic rings. The zero-order chi connectivity index (χ0) is 31.9. The Kier molecular flexibility index (Phi) is 39.5. The molecule has 0 aliphatic heterocycles. The fraction of sp³-hybridized carbons (Fsp3) is 0.972. The molecule has 0 spiro atoms. The zero-order valence-electron chi connectivity index (χ0n) is 29.1. The summed E-state index contributed by atoms with van der Waals surface area (Å²) < 4.78 is 38.3. The highest BCUT2D eigenvalue weighted by atomic mass is 16.6. The van der Waals surface area contributed by atoms with Crippen molar-refractivity contribution in [3.8, 4) is 0 Å². The third kappa shape index (κ3) is 39.3. The summed E-state index contributed by atoms with van der Waals surface area (Å²) in [6.45, 7) is 11.5. The number of rotatable bonds is 39. The zero-order valence-corrected chi connectivity index (χ0v) is 29.1. The molecule has 0 aliphatic carbocycles. The molecule has 0 bridgehead atoms. The van der Waals surface area contributed by atoms with Gasteiger partial charge in [0.25, 0.3) is 0 Å². The first-order chi connectivity index (χ1) is 21.8. The van der Waals surface area contributed by atoms with Crippen molar-refractivity contribution in [2.24, 2.45) is 0 Å². The van der Waals surface area contributed by atoms with Gasteiger partial charge in [0.1, 0.15) is 6.61 Å². The van der Waals surface area contributed by atoms with E-state index in [1.54, 1.807) is 0 Å². The van der Waals surface area contributed by atoms with E-state index >= 15 is 0 Å². The Bertz CT molecular complexity index is 534. The average molecular weight is 633 g/mol. The molecule has 0 unspecified atom stereocenters. The Morgan fingerprint density at radius 2 is 0.591 bits per heavy atom. The van der Waals surface area contributed by atoms with Crippen LogP contribution in [0.1, 0.15) is 142 Å².